The number of rotatable bonds is 14. The van der Waals surface area contributed by atoms with E-state index in [2.05, 4.69) is 72.2 Å². The number of hydrogen-bond acceptors (Lipinski definition) is 10. The zero-order valence-corrected chi connectivity index (χ0v) is 32.5. The van der Waals surface area contributed by atoms with Crippen molar-refractivity contribution in [1.82, 2.24) is 9.80 Å². The molecule has 0 aromatic heterocycles. The average Bonchev–Trinajstić information content (AvgIpc) is 3.20. The lowest BCUT2D eigenvalue weighted by Crippen LogP contribution is -2.56. The van der Waals surface area contributed by atoms with Crippen LogP contribution in [-0.2, 0) is 0 Å². The molecule has 0 aliphatic carbocycles. The van der Waals surface area contributed by atoms with Crippen molar-refractivity contribution in [3.05, 3.63) is 96.1 Å². The average molecular weight is 743 g/mol. The molecule has 5 aromatic rings. The van der Waals surface area contributed by atoms with Crippen molar-refractivity contribution < 1.29 is 19.8 Å². The number of anilines is 2. The highest BCUT2D eigenvalue weighted by Gasteiger charge is 2.35. The van der Waals surface area contributed by atoms with Gasteiger partial charge in [0.15, 0.2) is 0 Å². The first kappa shape index (κ1) is 39.0. The van der Waals surface area contributed by atoms with Gasteiger partial charge in [-0.3, -0.25) is 9.59 Å². The van der Waals surface area contributed by atoms with E-state index in [-0.39, 0.29) is 54.9 Å². The molecule has 5 aromatic carbocycles. The third-order valence-electron chi connectivity index (χ3n) is 10.5. The van der Waals surface area contributed by atoms with Gasteiger partial charge in [-0.15, -0.1) is 15.3 Å². The quantitative estimate of drug-likeness (QED) is 0.109. The van der Waals surface area contributed by atoms with Gasteiger partial charge in [-0.2, -0.15) is 5.11 Å². The van der Waals surface area contributed by atoms with Crippen LogP contribution in [0.1, 0.15) is 61.3 Å². The van der Waals surface area contributed by atoms with E-state index in [4.69, 9.17) is 10.2 Å². The van der Waals surface area contributed by atoms with Crippen molar-refractivity contribution >= 4 is 67.5 Å². The smallest absolute Gasteiger partial charge is 0.254 e. The summed E-state index contributed by atoms with van der Waals surface area (Å²) >= 11 is 0. The standard InChI is InChI=1S/C43H50N8O4/c1-7-20-50(22-24-52)41(54)29-26-30(42(55)51(21-8-2)23-25-53)28-31(27-29)44-45-35-16-17-36(33-13-10-9-12-32(33)35)46-47-37-18-19-39-40-34(37)14-11-15-38(40)48(5)43(3,4)49(39)6/h9-19,26-28,52-53H,7-8,20-25H2,1-6H3. The van der Waals surface area contributed by atoms with Gasteiger partial charge in [0, 0.05) is 84.3 Å². The van der Waals surface area contributed by atoms with Crippen LogP contribution in [-0.4, -0.2) is 91.0 Å². The van der Waals surface area contributed by atoms with Crippen LogP contribution >= 0.6 is 0 Å². The Balaban J connectivity index is 1.36. The normalized spacial score (nSPS) is 13.7. The number of azo groups is 2. The Morgan fingerprint density at radius 2 is 1.05 bits per heavy atom. The zero-order valence-electron chi connectivity index (χ0n) is 32.5. The van der Waals surface area contributed by atoms with Crippen LogP contribution in [0.2, 0.25) is 0 Å². The molecule has 2 amide bonds. The van der Waals surface area contributed by atoms with Gasteiger partial charge in [0.05, 0.1) is 36.0 Å². The number of amides is 2. The second-order valence-electron chi connectivity index (χ2n) is 14.3. The monoisotopic (exact) mass is 742 g/mol. The molecule has 12 nitrogen and oxygen atoms in total. The second kappa shape index (κ2) is 16.7. The van der Waals surface area contributed by atoms with Crippen LogP contribution in [0, 0.1) is 0 Å². The molecule has 1 heterocycles. The summed E-state index contributed by atoms with van der Waals surface area (Å²) in [6, 6.07) is 26.7. The minimum atomic E-state index is -0.315. The number of fused-ring (bicyclic) bond motifs is 1. The van der Waals surface area contributed by atoms with Crippen molar-refractivity contribution in [2.45, 2.75) is 46.2 Å². The lowest BCUT2D eigenvalue weighted by molar-refractivity contribution is 0.0719. The summed E-state index contributed by atoms with van der Waals surface area (Å²) in [5, 5.41) is 41.7. The summed E-state index contributed by atoms with van der Waals surface area (Å²) in [6.45, 7) is 9.19. The van der Waals surface area contributed by atoms with E-state index in [9.17, 15) is 19.8 Å². The Kier molecular flexibility index (Phi) is 11.9. The molecule has 0 bridgehead atoms. The van der Waals surface area contributed by atoms with Crippen molar-refractivity contribution in [3.8, 4) is 0 Å². The number of aliphatic hydroxyl groups is 2. The van der Waals surface area contributed by atoms with Gasteiger partial charge in [0.2, 0.25) is 0 Å². The van der Waals surface area contributed by atoms with Gasteiger partial charge < -0.3 is 29.8 Å². The summed E-state index contributed by atoms with van der Waals surface area (Å²) < 4.78 is 0. The zero-order chi connectivity index (χ0) is 39.3. The van der Waals surface area contributed by atoms with E-state index in [0.717, 1.165) is 38.6 Å². The minimum Gasteiger partial charge on any atom is -0.395 e. The number of aliphatic hydroxyl groups excluding tert-OH is 2. The first-order chi connectivity index (χ1) is 26.5. The van der Waals surface area contributed by atoms with Gasteiger partial charge >= 0.3 is 0 Å². The van der Waals surface area contributed by atoms with Gasteiger partial charge in [-0.1, -0.05) is 50.2 Å². The lowest BCUT2D eigenvalue weighted by atomic mass is 9.97. The Morgan fingerprint density at radius 3 is 1.56 bits per heavy atom. The maximum absolute atomic E-state index is 13.7. The summed E-state index contributed by atoms with van der Waals surface area (Å²) in [4.78, 5) is 35.0. The molecule has 55 heavy (non-hydrogen) atoms. The van der Waals surface area contributed by atoms with Gasteiger partial charge in [0.1, 0.15) is 5.66 Å². The molecule has 286 valence electrons. The third-order valence-corrected chi connectivity index (χ3v) is 10.5. The SMILES string of the molecule is CCCN(CCO)C(=O)c1cc(N=Nc2ccc(N=Nc3ccc4c5c(cccc35)N(C)C(C)(C)N4C)c3ccccc23)cc(C(=O)N(CCC)CCO)c1. The van der Waals surface area contributed by atoms with Crippen molar-refractivity contribution in [3.63, 3.8) is 0 Å². The van der Waals surface area contributed by atoms with Crippen LogP contribution in [0.15, 0.2) is 105 Å². The van der Waals surface area contributed by atoms with Gasteiger partial charge in [-0.05, 0) is 75.2 Å². The van der Waals surface area contributed by atoms with E-state index >= 15 is 0 Å². The fourth-order valence-electron chi connectivity index (χ4n) is 7.17. The van der Waals surface area contributed by atoms with Crippen molar-refractivity contribution in [2.24, 2.45) is 20.5 Å². The number of nitrogens with zero attached hydrogens (tertiary/aromatic N) is 8. The second-order valence-corrected chi connectivity index (χ2v) is 14.3. The Hall–Kier alpha value is -5.72. The molecule has 0 spiro atoms. The molecule has 12 heteroatoms. The molecule has 1 aliphatic rings. The third kappa shape index (κ3) is 7.78. The maximum Gasteiger partial charge on any atom is 0.254 e. The minimum absolute atomic E-state index is 0.166. The highest BCUT2D eigenvalue weighted by molar-refractivity contribution is 6.10. The molecular weight excluding hydrogens is 693 g/mol. The van der Waals surface area contributed by atoms with Crippen molar-refractivity contribution in [2.75, 3.05) is 63.3 Å². The number of hydrogen-bond donors (Lipinski definition) is 2. The molecule has 2 N–H and O–H groups in total. The molecule has 0 saturated carbocycles. The van der Waals surface area contributed by atoms with E-state index in [0.29, 0.717) is 43.0 Å². The van der Waals surface area contributed by atoms with Gasteiger partial charge in [0.25, 0.3) is 11.8 Å². The Bertz CT molecular complexity index is 2190. The van der Waals surface area contributed by atoms with Crippen LogP contribution in [0.3, 0.4) is 0 Å². The largest absolute Gasteiger partial charge is 0.395 e. The molecule has 6 rings (SSSR count). The number of carbonyl (C=O) groups excluding carboxylic acids is 2. The molecule has 0 unspecified atom stereocenters. The Labute approximate surface area is 322 Å². The lowest BCUT2D eigenvalue weighted by Gasteiger charge is -2.49. The summed E-state index contributed by atoms with van der Waals surface area (Å²) in [5.41, 5.74) is 4.97. The van der Waals surface area contributed by atoms with E-state index in [1.165, 1.54) is 0 Å². The molecule has 0 radical (unpaired) electrons. The number of benzene rings is 5. The van der Waals surface area contributed by atoms with Gasteiger partial charge in [-0.25, -0.2) is 0 Å². The molecule has 0 saturated heterocycles. The van der Waals surface area contributed by atoms with Crippen LogP contribution in [0.4, 0.5) is 34.1 Å². The predicted molar refractivity (Wildman–Crippen MR) is 220 cm³/mol. The Morgan fingerprint density at radius 1 is 0.600 bits per heavy atom. The van der Waals surface area contributed by atoms with Crippen LogP contribution in [0.5, 0.6) is 0 Å². The van der Waals surface area contributed by atoms with Crippen LogP contribution in [0.25, 0.3) is 21.5 Å². The molecule has 1 aliphatic heterocycles. The van der Waals surface area contributed by atoms with Crippen LogP contribution < -0.4 is 9.80 Å². The van der Waals surface area contributed by atoms with E-state index in [1.807, 2.05) is 56.3 Å². The van der Waals surface area contributed by atoms with Crippen molar-refractivity contribution in [1.29, 1.82) is 0 Å². The first-order valence-corrected chi connectivity index (χ1v) is 18.9. The fraction of sp³-hybridized carbons (Fsp3) is 0.349. The van der Waals surface area contributed by atoms with E-state index in [1.54, 1.807) is 28.0 Å². The molecular formula is C43H50N8O4. The summed E-state index contributed by atoms with van der Waals surface area (Å²) in [7, 11) is 4.23. The molecule has 0 fully saturated rings. The fourth-order valence-corrected chi connectivity index (χ4v) is 7.17. The van der Waals surface area contributed by atoms with E-state index < -0.39 is 0 Å². The topological polar surface area (TPSA) is 137 Å². The first-order valence-electron chi connectivity index (χ1n) is 18.9. The maximum atomic E-state index is 13.7. The highest BCUT2D eigenvalue weighted by atomic mass is 16.3. The predicted octanol–water partition coefficient (Wildman–Crippen LogP) is 9.13. The summed E-state index contributed by atoms with van der Waals surface area (Å²) in [5.74, 6) is -0.630. The number of carbonyl (C=O) groups is 2. The summed E-state index contributed by atoms with van der Waals surface area (Å²) in [6.07, 6.45) is 1.41. The molecule has 0 atom stereocenters. The highest BCUT2D eigenvalue weighted by Crippen LogP contribution is 2.47.